The van der Waals surface area contributed by atoms with E-state index in [-0.39, 0.29) is 16.5 Å². The Hall–Kier alpha value is -3.18. The van der Waals surface area contributed by atoms with Gasteiger partial charge in [0.05, 0.1) is 5.52 Å². The number of carbonyl (C=O) groups excluding carboxylic acids is 3. The maximum absolute atomic E-state index is 14.0. The van der Waals surface area contributed by atoms with Crippen LogP contribution < -0.4 is 5.32 Å². The van der Waals surface area contributed by atoms with Crippen LogP contribution in [0.3, 0.4) is 0 Å². The number of para-hydroxylation sites is 1. The van der Waals surface area contributed by atoms with Crippen molar-refractivity contribution >= 4 is 28.9 Å². The number of alkyl carbamates (subject to hydrolysis) is 1. The van der Waals surface area contributed by atoms with Gasteiger partial charge in [0.25, 0.3) is 0 Å². The first-order valence-corrected chi connectivity index (χ1v) is 10.5. The first-order chi connectivity index (χ1) is 15.7. The van der Waals surface area contributed by atoms with Crippen molar-refractivity contribution in [2.75, 3.05) is 0 Å². The van der Waals surface area contributed by atoms with Gasteiger partial charge in [0.15, 0.2) is 0 Å². The Morgan fingerprint density at radius 3 is 1.97 bits per heavy atom. The summed E-state index contributed by atoms with van der Waals surface area (Å²) >= 11 is 0. The molecule has 7 nitrogen and oxygen atoms in total. The molecular formula is C23H27F5N2O5. The summed E-state index contributed by atoms with van der Waals surface area (Å²) in [6.07, 6.45) is -7.97. The molecule has 1 heterocycles. The molecule has 1 aromatic carbocycles. The lowest BCUT2D eigenvalue weighted by atomic mass is 9.98. The number of aromatic nitrogens is 1. The molecule has 0 bridgehead atoms. The molecule has 194 valence electrons. The van der Waals surface area contributed by atoms with E-state index in [1.807, 2.05) is 5.32 Å². The third kappa shape index (κ3) is 6.92. The number of hydrogen-bond acceptors (Lipinski definition) is 5. The van der Waals surface area contributed by atoms with E-state index in [1.54, 1.807) is 32.9 Å². The van der Waals surface area contributed by atoms with Crippen LogP contribution in [0.25, 0.3) is 10.9 Å². The van der Waals surface area contributed by atoms with E-state index in [1.165, 1.54) is 39.1 Å². The topological polar surface area (TPSA) is 86.6 Å². The van der Waals surface area contributed by atoms with Crippen LogP contribution in [0.5, 0.6) is 0 Å². The van der Waals surface area contributed by atoms with E-state index >= 15 is 0 Å². The zero-order valence-electron chi connectivity index (χ0n) is 20.0. The lowest BCUT2D eigenvalue weighted by molar-refractivity contribution is -0.269. The Bertz CT molecular complexity index is 1110. The molecular weight excluding hydrogens is 479 g/mol. The summed E-state index contributed by atoms with van der Waals surface area (Å²) in [6, 6.07) is 3.80. The summed E-state index contributed by atoms with van der Waals surface area (Å²) < 4.78 is 78.0. The number of halogens is 5. The van der Waals surface area contributed by atoms with Crippen LogP contribution in [0.4, 0.5) is 31.5 Å². The van der Waals surface area contributed by atoms with Gasteiger partial charge >= 0.3 is 24.3 Å². The fourth-order valence-electron chi connectivity index (χ4n) is 3.11. The first-order valence-electron chi connectivity index (χ1n) is 10.5. The van der Waals surface area contributed by atoms with Crippen LogP contribution in [0.1, 0.15) is 47.1 Å². The normalized spacial score (nSPS) is 13.9. The van der Waals surface area contributed by atoms with Crippen LogP contribution >= 0.6 is 0 Å². The number of hydrogen-bond donors (Lipinski definition) is 1. The summed E-state index contributed by atoms with van der Waals surface area (Å²) in [5.41, 5.74) is -1.67. The van der Waals surface area contributed by atoms with Crippen molar-refractivity contribution in [3.63, 3.8) is 0 Å². The van der Waals surface area contributed by atoms with Crippen molar-refractivity contribution in [2.24, 2.45) is 0 Å². The first kappa shape index (κ1) is 28.1. The highest BCUT2D eigenvalue weighted by Crippen LogP contribution is 2.37. The molecule has 0 radical (unpaired) electrons. The van der Waals surface area contributed by atoms with Crippen LogP contribution in [-0.2, 0) is 20.7 Å². The largest absolute Gasteiger partial charge is 0.461 e. The van der Waals surface area contributed by atoms with Crippen molar-refractivity contribution in [1.29, 1.82) is 0 Å². The molecule has 0 saturated heterocycles. The zero-order valence-corrected chi connectivity index (χ0v) is 20.0. The van der Waals surface area contributed by atoms with Gasteiger partial charge in [-0.2, -0.15) is 22.0 Å². The number of carbonyl (C=O) groups is 3. The molecule has 0 spiro atoms. The van der Waals surface area contributed by atoms with Gasteiger partial charge in [0.2, 0.25) is 5.78 Å². The molecule has 2 rings (SSSR count). The van der Waals surface area contributed by atoms with Crippen LogP contribution in [0.2, 0.25) is 0 Å². The minimum absolute atomic E-state index is 0.0545. The van der Waals surface area contributed by atoms with E-state index in [0.717, 1.165) is 4.57 Å². The minimum atomic E-state index is -6.18. The standard InChI is InChI=1S/C23H27F5N2O5/c1-20(2,3)34-18(32)29-15(17(31)22(24,25)23(26,27)28)11-13-12-30(19(33)35-21(4,5)6)16-10-8-7-9-14(13)16/h7-10,12,15H,11H2,1-6H3,(H,29,32)/t15-/m0/s1. The highest BCUT2D eigenvalue weighted by molar-refractivity contribution is 5.96. The molecule has 1 aromatic heterocycles. The van der Waals surface area contributed by atoms with Crippen molar-refractivity contribution < 1.29 is 45.8 Å². The average Bonchev–Trinajstić information content (AvgIpc) is 3.02. The van der Waals surface area contributed by atoms with Gasteiger partial charge in [-0.25, -0.2) is 9.59 Å². The van der Waals surface area contributed by atoms with Gasteiger partial charge in [-0.05, 0) is 53.2 Å². The molecule has 1 N–H and O–H groups in total. The molecule has 0 unspecified atom stereocenters. The van der Waals surface area contributed by atoms with Gasteiger partial charge in [-0.1, -0.05) is 18.2 Å². The number of amides is 1. The Balaban J connectivity index is 2.53. The number of Topliss-reactive ketones (excluding diaryl/α,β-unsaturated/α-hetero) is 1. The predicted octanol–water partition coefficient (Wildman–Crippen LogP) is 5.63. The molecule has 0 aliphatic rings. The smallest absolute Gasteiger partial charge is 0.444 e. The molecule has 0 saturated carbocycles. The predicted molar refractivity (Wildman–Crippen MR) is 116 cm³/mol. The third-order valence-electron chi connectivity index (χ3n) is 4.48. The number of benzene rings is 1. The molecule has 0 aliphatic carbocycles. The summed E-state index contributed by atoms with van der Waals surface area (Å²) in [7, 11) is 0. The molecule has 0 aliphatic heterocycles. The molecule has 1 amide bonds. The molecule has 12 heteroatoms. The lowest BCUT2D eigenvalue weighted by Gasteiger charge is -2.26. The van der Waals surface area contributed by atoms with Crippen molar-refractivity contribution in [1.82, 2.24) is 9.88 Å². The van der Waals surface area contributed by atoms with Crippen LogP contribution in [0.15, 0.2) is 30.5 Å². The molecule has 1 atom stereocenters. The van der Waals surface area contributed by atoms with Gasteiger partial charge in [-0.15, -0.1) is 0 Å². The van der Waals surface area contributed by atoms with Gasteiger partial charge in [-0.3, -0.25) is 9.36 Å². The van der Waals surface area contributed by atoms with E-state index < -0.39 is 53.7 Å². The zero-order chi connectivity index (χ0) is 27.0. The van der Waals surface area contributed by atoms with E-state index in [9.17, 15) is 36.3 Å². The van der Waals surface area contributed by atoms with E-state index in [0.29, 0.717) is 0 Å². The third-order valence-corrected chi connectivity index (χ3v) is 4.48. The van der Waals surface area contributed by atoms with Crippen molar-refractivity contribution in [3.05, 3.63) is 36.0 Å². The number of rotatable bonds is 5. The second kappa shape index (κ2) is 9.46. The Kier molecular flexibility index (Phi) is 7.59. The number of ether oxygens (including phenoxy) is 2. The average molecular weight is 506 g/mol. The molecule has 0 fully saturated rings. The number of fused-ring (bicyclic) bond motifs is 1. The maximum Gasteiger partial charge on any atom is 0.461 e. The van der Waals surface area contributed by atoms with Crippen LogP contribution in [-0.4, -0.2) is 51.9 Å². The number of nitrogens with zero attached hydrogens (tertiary/aromatic N) is 1. The molecule has 2 aromatic rings. The van der Waals surface area contributed by atoms with Gasteiger partial charge < -0.3 is 14.8 Å². The Morgan fingerprint density at radius 2 is 1.46 bits per heavy atom. The maximum atomic E-state index is 14.0. The second-order valence-electron chi connectivity index (χ2n) is 9.86. The minimum Gasteiger partial charge on any atom is -0.444 e. The monoisotopic (exact) mass is 506 g/mol. The Labute approximate surface area is 198 Å². The van der Waals surface area contributed by atoms with Crippen molar-refractivity contribution in [2.45, 2.75) is 77.3 Å². The fraction of sp³-hybridized carbons (Fsp3) is 0.522. The van der Waals surface area contributed by atoms with E-state index in [2.05, 4.69) is 0 Å². The number of nitrogens with one attached hydrogen (secondary N) is 1. The highest BCUT2D eigenvalue weighted by atomic mass is 19.4. The summed E-state index contributed by atoms with van der Waals surface area (Å²) in [5, 5.41) is 2.11. The molecule has 35 heavy (non-hydrogen) atoms. The van der Waals surface area contributed by atoms with Crippen molar-refractivity contribution in [3.8, 4) is 0 Å². The quantitative estimate of drug-likeness (QED) is 0.532. The lowest BCUT2D eigenvalue weighted by Crippen LogP contribution is -2.55. The fourth-order valence-corrected chi connectivity index (χ4v) is 3.11. The summed E-state index contributed by atoms with van der Waals surface area (Å²) in [6.45, 7) is 9.20. The van der Waals surface area contributed by atoms with Gasteiger partial charge in [0, 0.05) is 18.0 Å². The number of ketones is 1. The second-order valence-corrected chi connectivity index (χ2v) is 9.86. The summed E-state index contributed by atoms with van der Waals surface area (Å²) in [5.74, 6) is -8.30. The van der Waals surface area contributed by atoms with Gasteiger partial charge in [0.1, 0.15) is 17.2 Å². The highest BCUT2D eigenvalue weighted by Gasteiger charge is 2.64. The summed E-state index contributed by atoms with van der Waals surface area (Å²) in [4.78, 5) is 37.2. The SMILES string of the molecule is CC(C)(C)OC(=O)N[C@@H](Cc1cn(C(=O)OC(C)(C)C)c2ccccc12)C(=O)C(F)(F)C(F)(F)F. The van der Waals surface area contributed by atoms with Crippen LogP contribution in [0, 0.1) is 0 Å². The Morgan fingerprint density at radius 1 is 0.914 bits per heavy atom. The van der Waals surface area contributed by atoms with E-state index in [4.69, 9.17) is 9.47 Å². The number of alkyl halides is 5.